The van der Waals surface area contributed by atoms with Crippen molar-refractivity contribution in [2.45, 2.75) is 69.9 Å². The fraction of sp³-hybridized carbons (Fsp3) is 0.722. The van der Waals surface area contributed by atoms with Crippen LogP contribution in [0, 0.1) is 5.92 Å². The molecule has 1 amide bonds. The molecule has 0 bridgehead atoms. The molecule has 2 unspecified atom stereocenters. The van der Waals surface area contributed by atoms with Crippen LogP contribution in [0.1, 0.15) is 69.7 Å². The molecule has 1 aliphatic carbocycles. The van der Waals surface area contributed by atoms with Gasteiger partial charge in [-0.15, -0.1) is 0 Å². The van der Waals surface area contributed by atoms with Crippen LogP contribution in [0.5, 0.6) is 0 Å². The Morgan fingerprint density at radius 3 is 2.82 bits per heavy atom. The van der Waals surface area contributed by atoms with E-state index in [1.54, 1.807) is 18.4 Å². The van der Waals surface area contributed by atoms with E-state index in [0.717, 1.165) is 19.4 Å². The molecule has 22 heavy (non-hydrogen) atoms. The van der Waals surface area contributed by atoms with Crippen molar-refractivity contribution in [3.05, 3.63) is 24.2 Å². The highest BCUT2D eigenvalue weighted by Crippen LogP contribution is 2.31. The number of nitrogens with zero attached hydrogens (tertiary/aromatic N) is 1. The number of hydrogen-bond donors (Lipinski definition) is 1. The van der Waals surface area contributed by atoms with Gasteiger partial charge < -0.3 is 14.4 Å². The highest BCUT2D eigenvalue weighted by atomic mass is 16.4. The summed E-state index contributed by atoms with van der Waals surface area (Å²) >= 11 is 0. The first-order chi connectivity index (χ1) is 10.7. The molecule has 2 fully saturated rings. The van der Waals surface area contributed by atoms with Gasteiger partial charge in [-0.2, -0.15) is 0 Å². The zero-order valence-corrected chi connectivity index (χ0v) is 13.2. The lowest BCUT2D eigenvalue weighted by atomic mass is 9.86. The van der Waals surface area contributed by atoms with Crippen molar-refractivity contribution in [2.24, 2.45) is 5.92 Å². The molecule has 1 aliphatic heterocycles. The van der Waals surface area contributed by atoms with E-state index in [1.165, 1.54) is 32.1 Å². The second-order valence-electron chi connectivity index (χ2n) is 6.86. The first-order valence-corrected chi connectivity index (χ1v) is 8.75. The predicted octanol–water partition coefficient (Wildman–Crippen LogP) is 3.66. The van der Waals surface area contributed by atoms with Crippen molar-refractivity contribution in [3.8, 4) is 0 Å². The van der Waals surface area contributed by atoms with Crippen LogP contribution in [0.25, 0.3) is 0 Å². The number of hydrogen-bond acceptors (Lipinski definition) is 3. The maximum Gasteiger partial charge on any atom is 0.223 e. The van der Waals surface area contributed by atoms with Gasteiger partial charge in [0, 0.05) is 25.4 Å². The summed E-state index contributed by atoms with van der Waals surface area (Å²) in [5.74, 6) is 1.48. The van der Waals surface area contributed by atoms with Crippen molar-refractivity contribution < 1.29 is 14.3 Å². The van der Waals surface area contributed by atoms with E-state index in [-0.39, 0.29) is 6.04 Å². The molecule has 0 radical (unpaired) electrons. The molecular weight excluding hydrogens is 278 g/mol. The van der Waals surface area contributed by atoms with E-state index in [4.69, 9.17) is 4.42 Å². The third-order valence-electron chi connectivity index (χ3n) is 5.25. The van der Waals surface area contributed by atoms with E-state index in [0.29, 0.717) is 30.4 Å². The molecule has 122 valence electrons. The van der Waals surface area contributed by atoms with Gasteiger partial charge >= 0.3 is 0 Å². The van der Waals surface area contributed by atoms with Crippen LogP contribution in [0.15, 0.2) is 22.8 Å². The van der Waals surface area contributed by atoms with Crippen molar-refractivity contribution in [1.29, 1.82) is 0 Å². The molecule has 4 heteroatoms. The van der Waals surface area contributed by atoms with Gasteiger partial charge in [-0.1, -0.05) is 19.3 Å². The van der Waals surface area contributed by atoms with Gasteiger partial charge in [-0.05, 0) is 43.7 Å². The van der Waals surface area contributed by atoms with E-state index in [1.807, 2.05) is 4.90 Å². The van der Waals surface area contributed by atoms with Crippen molar-refractivity contribution in [2.75, 3.05) is 6.54 Å². The number of furan rings is 1. The molecule has 0 spiro atoms. The highest BCUT2D eigenvalue weighted by Gasteiger charge is 2.32. The quantitative estimate of drug-likeness (QED) is 0.903. The van der Waals surface area contributed by atoms with E-state index in [9.17, 15) is 9.90 Å². The molecule has 2 heterocycles. The Morgan fingerprint density at radius 1 is 1.27 bits per heavy atom. The fourth-order valence-electron chi connectivity index (χ4n) is 4.02. The molecule has 2 atom stereocenters. The minimum Gasteiger partial charge on any atom is -0.467 e. The molecule has 3 rings (SSSR count). The predicted molar refractivity (Wildman–Crippen MR) is 84.2 cm³/mol. The molecule has 0 aromatic carbocycles. The lowest BCUT2D eigenvalue weighted by Crippen LogP contribution is -2.37. The summed E-state index contributed by atoms with van der Waals surface area (Å²) in [7, 11) is 0. The molecule has 1 saturated heterocycles. The largest absolute Gasteiger partial charge is 0.467 e. The molecular formula is C18H27NO3. The van der Waals surface area contributed by atoms with Crippen LogP contribution in [0.3, 0.4) is 0 Å². The number of amides is 1. The fourth-order valence-corrected chi connectivity index (χ4v) is 4.02. The maximum atomic E-state index is 12.6. The summed E-state index contributed by atoms with van der Waals surface area (Å²) in [5, 5.41) is 10.3. The highest BCUT2D eigenvalue weighted by molar-refractivity contribution is 5.77. The standard InChI is InChI=1S/C18H27NO3/c20-16(17-9-5-11-22-17)13-15-8-4-10-19(15)18(21)12-14-6-2-1-3-7-14/h5,9,11,14-16,20H,1-4,6-8,10,12-13H2. The summed E-state index contributed by atoms with van der Waals surface area (Å²) in [4.78, 5) is 14.6. The summed E-state index contributed by atoms with van der Waals surface area (Å²) in [6.07, 6.45) is 10.6. The summed E-state index contributed by atoms with van der Waals surface area (Å²) in [5.41, 5.74) is 0. The summed E-state index contributed by atoms with van der Waals surface area (Å²) in [6.45, 7) is 0.848. The SMILES string of the molecule is O=C(CC1CCCCC1)N1CCCC1CC(O)c1ccco1. The van der Waals surface area contributed by atoms with Crippen molar-refractivity contribution in [1.82, 2.24) is 4.90 Å². The Morgan fingerprint density at radius 2 is 2.09 bits per heavy atom. The third kappa shape index (κ3) is 3.72. The van der Waals surface area contributed by atoms with Crippen LogP contribution in [-0.2, 0) is 4.79 Å². The van der Waals surface area contributed by atoms with Crippen molar-refractivity contribution >= 4 is 5.91 Å². The number of carbonyl (C=O) groups excluding carboxylic acids is 1. The first kappa shape index (κ1) is 15.6. The van der Waals surface area contributed by atoms with Crippen molar-refractivity contribution in [3.63, 3.8) is 0 Å². The Kier molecular flexibility index (Phi) is 5.19. The molecule has 4 nitrogen and oxygen atoms in total. The first-order valence-electron chi connectivity index (χ1n) is 8.75. The van der Waals surface area contributed by atoms with Gasteiger partial charge in [-0.25, -0.2) is 0 Å². The van der Waals surface area contributed by atoms with Gasteiger partial charge in [0.05, 0.1) is 6.26 Å². The van der Waals surface area contributed by atoms with Crippen LogP contribution in [0.2, 0.25) is 0 Å². The minimum absolute atomic E-state index is 0.163. The summed E-state index contributed by atoms with van der Waals surface area (Å²) < 4.78 is 5.27. The number of rotatable bonds is 5. The average Bonchev–Trinajstić information content (AvgIpc) is 3.19. The lowest BCUT2D eigenvalue weighted by Gasteiger charge is -2.29. The van der Waals surface area contributed by atoms with Crippen LogP contribution >= 0.6 is 0 Å². The number of aliphatic hydroxyl groups is 1. The van der Waals surface area contributed by atoms with E-state index in [2.05, 4.69) is 0 Å². The lowest BCUT2D eigenvalue weighted by molar-refractivity contribution is -0.133. The topological polar surface area (TPSA) is 53.7 Å². The second kappa shape index (κ2) is 7.32. The Bertz CT molecular complexity index is 465. The van der Waals surface area contributed by atoms with Crippen LogP contribution < -0.4 is 0 Å². The average molecular weight is 305 g/mol. The number of aliphatic hydroxyl groups excluding tert-OH is 1. The monoisotopic (exact) mass is 305 g/mol. The molecule has 1 aromatic rings. The molecule has 1 N–H and O–H groups in total. The van der Waals surface area contributed by atoms with E-state index >= 15 is 0 Å². The Labute approximate surface area is 132 Å². The molecule has 2 aliphatic rings. The third-order valence-corrected chi connectivity index (χ3v) is 5.25. The minimum atomic E-state index is -0.608. The zero-order valence-electron chi connectivity index (χ0n) is 13.2. The summed E-state index contributed by atoms with van der Waals surface area (Å²) in [6, 6.07) is 3.75. The van der Waals surface area contributed by atoms with Gasteiger partial charge in [0.25, 0.3) is 0 Å². The Hall–Kier alpha value is -1.29. The number of carbonyl (C=O) groups is 1. The van der Waals surface area contributed by atoms with Gasteiger partial charge in [-0.3, -0.25) is 4.79 Å². The second-order valence-corrected chi connectivity index (χ2v) is 6.86. The van der Waals surface area contributed by atoms with Gasteiger partial charge in [0.1, 0.15) is 11.9 Å². The maximum absolute atomic E-state index is 12.6. The molecule has 1 aromatic heterocycles. The van der Waals surface area contributed by atoms with Crippen LogP contribution in [-0.4, -0.2) is 28.5 Å². The molecule has 1 saturated carbocycles. The smallest absolute Gasteiger partial charge is 0.223 e. The Balaban J connectivity index is 1.54. The normalized spacial score (nSPS) is 24.6. The zero-order chi connectivity index (χ0) is 15.4. The van der Waals surface area contributed by atoms with E-state index < -0.39 is 6.10 Å². The van der Waals surface area contributed by atoms with Crippen LogP contribution in [0.4, 0.5) is 0 Å². The van der Waals surface area contributed by atoms with Gasteiger partial charge in [0.15, 0.2) is 0 Å². The van der Waals surface area contributed by atoms with Gasteiger partial charge in [0.2, 0.25) is 5.91 Å². The number of likely N-dealkylation sites (tertiary alicyclic amines) is 1.